The predicted octanol–water partition coefficient (Wildman–Crippen LogP) is 14.4. The summed E-state index contributed by atoms with van der Waals surface area (Å²) in [7, 11) is 0. The van der Waals surface area contributed by atoms with Gasteiger partial charge in [0, 0.05) is 27.8 Å². The van der Waals surface area contributed by atoms with E-state index in [1.165, 1.54) is 35.2 Å². The van der Waals surface area contributed by atoms with Gasteiger partial charge in [0.2, 0.25) is 0 Å². The van der Waals surface area contributed by atoms with E-state index in [4.69, 9.17) is 20.9 Å². The number of furan rings is 1. The second-order valence-corrected chi connectivity index (χ2v) is 12.1. The molecule has 0 fully saturated rings. The van der Waals surface area contributed by atoms with Gasteiger partial charge in [-0.3, -0.25) is 0 Å². The molecule has 1 heterocycles. The molecule has 0 radical (unpaired) electrons. The fraction of sp³-hybridized carbons (Fsp3) is 0. The standard InChI is InChI=1S/C50H33NO/c1-2-9-34(10-3-1)40-13-8-14-45(32-40)51(43-26-21-36(22-27-43)41-19-17-35-11-4-5-12-39(35)31-41)44-28-23-37(24-29-44)42-20-18-38-25-30-49-50(47(38)33-42)46-15-6-7-16-48(46)52-49/h1-33H/i1D,2D,3D,4D,5D,9D,10D,11D,12D,17D,19D,23D,24D,28D,29D,31D. The Bertz CT molecular complexity index is 3770. The topological polar surface area (TPSA) is 16.4 Å². The molecule has 0 spiro atoms. The van der Waals surface area contributed by atoms with E-state index in [0.717, 1.165) is 21.5 Å². The number of benzene rings is 9. The molecule has 0 N–H and O–H groups in total. The first-order chi connectivity index (χ1) is 32.4. The third-order valence-corrected chi connectivity index (χ3v) is 9.04. The zero-order valence-corrected chi connectivity index (χ0v) is 27.2. The molecule has 2 nitrogen and oxygen atoms in total. The van der Waals surface area contributed by atoms with Gasteiger partial charge in [-0.25, -0.2) is 0 Å². The highest BCUT2D eigenvalue weighted by atomic mass is 16.3. The van der Waals surface area contributed by atoms with Crippen molar-refractivity contribution in [2.45, 2.75) is 0 Å². The number of anilines is 3. The fourth-order valence-electron chi connectivity index (χ4n) is 6.57. The first-order valence-corrected chi connectivity index (χ1v) is 16.4. The minimum absolute atomic E-state index is 0.0325. The van der Waals surface area contributed by atoms with E-state index in [9.17, 15) is 5.48 Å². The van der Waals surface area contributed by atoms with E-state index < -0.39 is 84.6 Å². The van der Waals surface area contributed by atoms with Crippen LogP contribution in [0.2, 0.25) is 0 Å². The second-order valence-electron chi connectivity index (χ2n) is 12.1. The number of hydrogen-bond acceptors (Lipinski definition) is 2. The molecule has 2 heteroatoms. The third-order valence-electron chi connectivity index (χ3n) is 9.04. The Hall–Kier alpha value is -6.90. The van der Waals surface area contributed by atoms with Crippen LogP contribution in [-0.4, -0.2) is 0 Å². The Kier molecular flexibility index (Phi) is 4.28. The molecule has 0 saturated heterocycles. The van der Waals surface area contributed by atoms with Crippen LogP contribution in [0, 0.1) is 0 Å². The Morgan fingerprint density at radius 2 is 1.10 bits per heavy atom. The molecule has 0 atom stereocenters. The van der Waals surface area contributed by atoms with Crippen LogP contribution in [0.4, 0.5) is 17.1 Å². The summed E-state index contributed by atoms with van der Waals surface area (Å²) in [5, 5.41) is 2.89. The molecule has 0 amide bonds. The van der Waals surface area contributed by atoms with Crippen LogP contribution in [-0.2, 0) is 0 Å². The number of nitrogens with zero attached hydrogens (tertiary/aromatic N) is 1. The number of hydrogen-bond donors (Lipinski definition) is 0. The molecular formula is C50H33NO. The maximum absolute atomic E-state index is 9.59. The summed E-state index contributed by atoms with van der Waals surface area (Å²) in [6.45, 7) is 0. The van der Waals surface area contributed by atoms with Crippen molar-refractivity contribution in [3.05, 3.63) is 200 Å². The monoisotopic (exact) mass is 679 g/mol. The summed E-state index contributed by atoms with van der Waals surface area (Å²) in [4.78, 5) is 1.44. The van der Waals surface area contributed by atoms with E-state index in [0.29, 0.717) is 16.7 Å². The molecule has 0 aliphatic heterocycles. The zero-order valence-electron chi connectivity index (χ0n) is 43.2. The Labute approximate surface area is 324 Å². The molecular weight excluding hydrogens is 631 g/mol. The fourth-order valence-corrected chi connectivity index (χ4v) is 6.57. The summed E-state index contributed by atoms with van der Waals surface area (Å²) in [6.07, 6.45) is 0. The SMILES string of the molecule is [2H]c1c([2H])c([2H])c(-c2cccc(N(c3ccc(-c4c([2H])c([2H])c5c([2H])c([2H])c([2H])c([2H])c5c4[2H])cc3)c3c([2H])c([2H])c(-c4ccc5ccc6oc7ccccc7c6c5c4)c([2H])c3[2H])c2)c([2H])c1[2H]. The van der Waals surface area contributed by atoms with Crippen molar-refractivity contribution in [2.24, 2.45) is 0 Å². The summed E-state index contributed by atoms with van der Waals surface area (Å²) in [5.41, 5.74) is 2.28. The molecule has 0 bridgehead atoms. The lowest BCUT2D eigenvalue weighted by Crippen LogP contribution is -2.10. The maximum Gasteiger partial charge on any atom is 0.136 e. The first kappa shape index (κ1) is 17.8. The molecule has 0 saturated carbocycles. The highest BCUT2D eigenvalue weighted by Crippen LogP contribution is 2.40. The van der Waals surface area contributed by atoms with Crippen molar-refractivity contribution in [1.82, 2.24) is 0 Å². The van der Waals surface area contributed by atoms with Crippen LogP contribution < -0.4 is 4.90 Å². The molecule has 1 aromatic heterocycles. The minimum atomic E-state index is -0.591. The number of fused-ring (bicyclic) bond motifs is 6. The average molecular weight is 680 g/mol. The summed E-state index contributed by atoms with van der Waals surface area (Å²) in [6, 6.07) is 21.3. The van der Waals surface area contributed by atoms with Crippen LogP contribution >= 0.6 is 0 Å². The third kappa shape index (κ3) is 5.30. The lowest BCUT2D eigenvalue weighted by molar-refractivity contribution is 0.669. The van der Waals surface area contributed by atoms with Crippen molar-refractivity contribution in [1.29, 1.82) is 0 Å². The lowest BCUT2D eigenvalue weighted by Gasteiger charge is -2.26. The van der Waals surface area contributed by atoms with Gasteiger partial charge >= 0.3 is 0 Å². The van der Waals surface area contributed by atoms with Crippen LogP contribution in [0.5, 0.6) is 0 Å². The van der Waals surface area contributed by atoms with Crippen molar-refractivity contribution in [3.8, 4) is 33.4 Å². The van der Waals surface area contributed by atoms with E-state index in [-0.39, 0.29) is 67.7 Å². The highest BCUT2D eigenvalue weighted by molar-refractivity contribution is 6.19. The predicted molar refractivity (Wildman–Crippen MR) is 220 cm³/mol. The van der Waals surface area contributed by atoms with E-state index in [1.54, 1.807) is 24.3 Å². The van der Waals surface area contributed by atoms with Gasteiger partial charge < -0.3 is 9.32 Å². The van der Waals surface area contributed by atoms with Crippen molar-refractivity contribution in [2.75, 3.05) is 4.90 Å². The Morgan fingerprint density at radius 1 is 0.385 bits per heavy atom. The van der Waals surface area contributed by atoms with Gasteiger partial charge in [0.05, 0.1) is 21.9 Å². The minimum Gasteiger partial charge on any atom is -0.456 e. The average Bonchev–Trinajstić information content (AvgIpc) is 3.73. The number of rotatable bonds is 6. The smallest absolute Gasteiger partial charge is 0.136 e. The quantitative estimate of drug-likeness (QED) is 0.174. The molecule has 10 rings (SSSR count). The van der Waals surface area contributed by atoms with E-state index in [1.807, 2.05) is 48.5 Å². The zero-order chi connectivity index (χ0) is 48.4. The van der Waals surface area contributed by atoms with Gasteiger partial charge in [0.25, 0.3) is 0 Å². The van der Waals surface area contributed by atoms with E-state index >= 15 is 0 Å². The number of para-hydroxylation sites is 1. The maximum atomic E-state index is 9.59. The van der Waals surface area contributed by atoms with Gasteiger partial charge in [-0.2, -0.15) is 0 Å². The molecule has 0 unspecified atom stereocenters. The van der Waals surface area contributed by atoms with Crippen LogP contribution in [0.15, 0.2) is 204 Å². The van der Waals surface area contributed by atoms with Crippen LogP contribution in [0.1, 0.15) is 21.9 Å². The molecule has 9 aromatic carbocycles. The second kappa shape index (κ2) is 12.5. The van der Waals surface area contributed by atoms with Gasteiger partial charge in [-0.05, 0) is 116 Å². The molecule has 0 aliphatic carbocycles. The normalized spacial score (nSPS) is 15.8. The van der Waals surface area contributed by atoms with Crippen molar-refractivity contribution < 1.29 is 26.3 Å². The molecule has 52 heavy (non-hydrogen) atoms. The molecule has 10 aromatic rings. The van der Waals surface area contributed by atoms with Gasteiger partial charge in [-0.1, -0.05) is 139 Å². The van der Waals surface area contributed by atoms with Gasteiger partial charge in [0.1, 0.15) is 11.2 Å². The first-order valence-electron chi connectivity index (χ1n) is 24.4. The summed E-state index contributed by atoms with van der Waals surface area (Å²) >= 11 is 0. The molecule has 244 valence electrons. The summed E-state index contributed by atoms with van der Waals surface area (Å²) < 4.78 is 147. The van der Waals surface area contributed by atoms with Crippen molar-refractivity contribution in [3.63, 3.8) is 0 Å². The van der Waals surface area contributed by atoms with Gasteiger partial charge in [0.15, 0.2) is 0 Å². The largest absolute Gasteiger partial charge is 0.456 e. The van der Waals surface area contributed by atoms with Crippen LogP contribution in [0.25, 0.3) is 76.9 Å². The van der Waals surface area contributed by atoms with E-state index in [2.05, 4.69) is 0 Å². The Balaban J connectivity index is 1.18. The lowest BCUT2D eigenvalue weighted by atomic mass is 9.97. The summed E-state index contributed by atoms with van der Waals surface area (Å²) in [5.74, 6) is 0. The molecule has 0 aliphatic rings. The highest BCUT2D eigenvalue weighted by Gasteiger charge is 2.16. The van der Waals surface area contributed by atoms with Crippen molar-refractivity contribution >= 4 is 60.5 Å². The van der Waals surface area contributed by atoms with Gasteiger partial charge in [-0.15, -0.1) is 0 Å². The van der Waals surface area contributed by atoms with Crippen LogP contribution in [0.3, 0.4) is 0 Å². The Morgan fingerprint density at radius 3 is 1.96 bits per heavy atom.